The van der Waals surface area contributed by atoms with E-state index >= 15 is 0 Å². The van der Waals surface area contributed by atoms with Crippen LogP contribution in [0.5, 0.6) is 5.75 Å². The number of guanidine groups is 1. The third kappa shape index (κ3) is 8.27. The molecule has 0 saturated carbocycles. The van der Waals surface area contributed by atoms with E-state index in [-0.39, 0.29) is 30.1 Å². The highest BCUT2D eigenvalue weighted by Gasteiger charge is 2.06. The van der Waals surface area contributed by atoms with Gasteiger partial charge in [-0.05, 0) is 49.6 Å². The lowest BCUT2D eigenvalue weighted by atomic mass is 10.2. The van der Waals surface area contributed by atoms with Crippen LogP contribution in [0, 0.1) is 0 Å². The number of aryl methyl sites for hydroxylation is 2. The molecular formula is C18H27ClIN5O. The monoisotopic (exact) mass is 491 g/mol. The smallest absolute Gasteiger partial charge is 0.191 e. The summed E-state index contributed by atoms with van der Waals surface area (Å²) < 4.78 is 7.66. The summed E-state index contributed by atoms with van der Waals surface area (Å²) in [5.41, 5.74) is 1.25. The van der Waals surface area contributed by atoms with Gasteiger partial charge in [0.25, 0.3) is 0 Å². The quantitative estimate of drug-likeness (QED) is 0.258. The molecule has 8 heteroatoms. The molecule has 0 radical (unpaired) electrons. The number of halogens is 2. The molecule has 2 N–H and O–H groups in total. The van der Waals surface area contributed by atoms with E-state index in [4.69, 9.17) is 16.3 Å². The van der Waals surface area contributed by atoms with Crippen molar-refractivity contribution in [2.75, 3.05) is 20.1 Å². The lowest BCUT2D eigenvalue weighted by Crippen LogP contribution is -2.42. The lowest BCUT2D eigenvalue weighted by Gasteiger charge is -2.17. The minimum atomic E-state index is 0. The fourth-order valence-electron chi connectivity index (χ4n) is 2.35. The molecule has 0 bridgehead atoms. The number of ether oxygens (including phenoxy) is 1. The van der Waals surface area contributed by atoms with E-state index in [1.807, 2.05) is 55.3 Å². The molecule has 1 aromatic heterocycles. The summed E-state index contributed by atoms with van der Waals surface area (Å²) in [7, 11) is 3.70. The Labute approximate surface area is 177 Å². The Morgan fingerprint density at radius 1 is 1.31 bits per heavy atom. The van der Waals surface area contributed by atoms with Crippen LogP contribution in [0.1, 0.15) is 18.9 Å². The highest BCUT2D eigenvalue weighted by atomic mass is 127. The minimum absolute atomic E-state index is 0. The molecule has 2 rings (SSSR count). The van der Waals surface area contributed by atoms with Gasteiger partial charge in [0.05, 0.1) is 12.7 Å². The lowest BCUT2D eigenvalue weighted by molar-refractivity contribution is 0.224. The number of benzene rings is 1. The average Bonchev–Trinajstić information content (AvgIpc) is 3.01. The first kappa shape index (κ1) is 22.6. The van der Waals surface area contributed by atoms with Crippen molar-refractivity contribution in [3.05, 3.63) is 47.2 Å². The molecule has 0 aliphatic carbocycles. The SMILES string of the molecule is CN=C(NCCCc1cnn(C)c1)NCC(C)Oc1ccc(Cl)cc1.I. The number of hydrogen-bond donors (Lipinski definition) is 2. The number of nitrogens with one attached hydrogen (secondary N) is 2. The Kier molecular flexibility index (Phi) is 10.4. The first-order valence-corrected chi connectivity index (χ1v) is 8.79. The largest absolute Gasteiger partial charge is 0.489 e. The van der Waals surface area contributed by atoms with E-state index in [0.29, 0.717) is 11.6 Å². The van der Waals surface area contributed by atoms with Crippen molar-refractivity contribution < 1.29 is 4.74 Å². The summed E-state index contributed by atoms with van der Waals surface area (Å²) in [4.78, 5) is 4.23. The Morgan fingerprint density at radius 2 is 2.04 bits per heavy atom. The third-order valence-corrected chi connectivity index (χ3v) is 3.88. The summed E-state index contributed by atoms with van der Waals surface area (Å²) in [6.07, 6.45) is 5.97. The Bertz CT molecular complexity index is 674. The maximum atomic E-state index is 5.87. The van der Waals surface area contributed by atoms with Gasteiger partial charge < -0.3 is 15.4 Å². The molecule has 1 heterocycles. The van der Waals surface area contributed by atoms with E-state index in [1.54, 1.807) is 7.05 Å². The number of aliphatic imine (C=N–C) groups is 1. The minimum Gasteiger partial charge on any atom is -0.489 e. The van der Waals surface area contributed by atoms with Gasteiger partial charge in [-0.1, -0.05) is 11.6 Å². The van der Waals surface area contributed by atoms with Crippen molar-refractivity contribution in [3.8, 4) is 5.75 Å². The van der Waals surface area contributed by atoms with Crippen LogP contribution in [0.15, 0.2) is 41.7 Å². The van der Waals surface area contributed by atoms with E-state index in [0.717, 1.165) is 31.1 Å². The van der Waals surface area contributed by atoms with Crippen LogP contribution in [0.25, 0.3) is 0 Å². The van der Waals surface area contributed by atoms with Crippen LogP contribution in [-0.4, -0.2) is 42.0 Å². The molecule has 0 aliphatic rings. The molecule has 2 aromatic rings. The molecule has 1 atom stereocenters. The van der Waals surface area contributed by atoms with Gasteiger partial charge in [0.15, 0.2) is 5.96 Å². The van der Waals surface area contributed by atoms with Crippen molar-refractivity contribution in [1.82, 2.24) is 20.4 Å². The highest BCUT2D eigenvalue weighted by molar-refractivity contribution is 14.0. The number of nitrogens with zero attached hydrogens (tertiary/aromatic N) is 3. The molecule has 26 heavy (non-hydrogen) atoms. The number of aromatic nitrogens is 2. The average molecular weight is 492 g/mol. The van der Waals surface area contributed by atoms with Crippen LogP contribution >= 0.6 is 35.6 Å². The standard InChI is InChI=1S/C18H26ClN5O.HI/c1-14(25-17-8-6-16(19)7-9-17)11-22-18(20-2)21-10-4-5-15-12-23-24(3)13-15;/h6-9,12-14H,4-5,10-11H2,1-3H3,(H2,20,21,22);1H. The van der Waals surface area contributed by atoms with Crippen LogP contribution < -0.4 is 15.4 Å². The predicted octanol–water partition coefficient (Wildman–Crippen LogP) is 3.26. The Hall–Kier alpha value is -1.48. The Balaban J connectivity index is 0.00000338. The predicted molar refractivity (Wildman–Crippen MR) is 118 cm³/mol. The van der Waals surface area contributed by atoms with Gasteiger partial charge in [0.2, 0.25) is 0 Å². The van der Waals surface area contributed by atoms with Gasteiger partial charge in [-0.25, -0.2) is 0 Å². The van der Waals surface area contributed by atoms with Gasteiger partial charge in [0.1, 0.15) is 11.9 Å². The second-order valence-electron chi connectivity index (χ2n) is 5.89. The second-order valence-corrected chi connectivity index (χ2v) is 6.32. The third-order valence-electron chi connectivity index (χ3n) is 3.62. The molecule has 1 unspecified atom stereocenters. The topological polar surface area (TPSA) is 63.5 Å². The van der Waals surface area contributed by atoms with Gasteiger partial charge in [-0.3, -0.25) is 9.67 Å². The fourth-order valence-corrected chi connectivity index (χ4v) is 2.47. The van der Waals surface area contributed by atoms with Gasteiger partial charge in [0, 0.05) is 31.9 Å². The van der Waals surface area contributed by atoms with E-state index < -0.39 is 0 Å². The zero-order valence-corrected chi connectivity index (χ0v) is 18.5. The van der Waals surface area contributed by atoms with E-state index in [2.05, 4.69) is 20.7 Å². The van der Waals surface area contributed by atoms with Crippen molar-refractivity contribution in [2.24, 2.45) is 12.0 Å². The van der Waals surface area contributed by atoms with Crippen LogP contribution in [0.3, 0.4) is 0 Å². The van der Waals surface area contributed by atoms with Crippen LogP contribution in [-0.2, 0) is 13.5 Å². The van der Waals surface area contributed by atoms with Crippen LogP contribution in [0.4, 0.5) is 0 Å². The fraction of sp³-hybridized carbons (Fsp3) is 0.444. The van der Waals surface area contributed by atoms with Crippen molar-refractivity contribution in [2.45, 2.75) is 25.9 Å². The number of hydrogen-bond acceptors (Lipinski definition) is 3. The maximum Gasteiger partial charge on any atom is 0.191 e. The normalized spacial score (nSPS) is 12.2. The number of rotatable bonds is 8. The summed E-state index contributed by atoms with van der Waals surface area (Å²) in [6, 6.07) is 7.37. The zero-order chi connectivity index (χ0) is 18.1. The first-order valence-electron chi connectivity index (χ1n) is 8.41. The molecule has 0 fully saturated rings. The van der Waals surface area contributed by atoms with Crippen LogP contribution in [0.2, 0.25) is 5.02 Å². The summed E-state index contributed by atoms with van der Waals surface area (Å²) in [5.74, 6) is 1.58. The summed E-state index contributed by atoms with van der Waals surface area (Å²) in [6.45, 7) is 3.52. The first-order chi connectivity index (χ1) is 12.1. The molecule has 1 aromatic carbocycles. The maximum absolute atomic E-state index is 5.87. The molecule has 0 amide bonds. The molecule has 0 aliphatic heterocycles. The highest BCUT2D eigenvalue weighted by Crippen LogP contribution is 2.16. The van der Waals surface area contributed by atoms with E-state index in [1.165, 1.54) is 5.56 Å². The van der Waals surface area contributed by atoms with Crippen molar-refractivity contribution in [1.29, 1.82) is 0 Å². The molecule has 0 saturated heterocycles. The summed E-state index contributed by atoms with van der Waals surface area (Å²) in [5, 5.41) is 11.5. The van der Waals surface area contributed by atoms with E-state index in [9.17, 15) is 0 Å². The van der Waals surface area contributed by atoms with Gasteiger partial charge in [-0.2, -0.15) is 5.10 Å². The van der Waals surface area contributed by atoms with Gasteiger partial charge in [-0.15, -0.1) is 24.0 Å². The molecule has 6 nitrogen and oxygen atoms in total. The molecular weight excluding hydrogens is 465 g/mol. The zero-order valence-electron chi connectivity index (χ0n) is 15.4. The molecule has 144 valence electrons. The van der Waals surface area contributed by atoms with Crippen molar-refractivity contribution >= 4 is 41.5 Å². The second kappa shape index (κ2) is 12.0. The van der Waals surface area contributed by atoms with Crippen molar-refractivity contribution in [3.63, 3.8) is 0 Å². The van der Waals surface area contributed by atoms with Gasteiger partial charge >= 0.3 is 0 Å². The summed E-state index contributed by atoms with van der Waals surface area (Å²) >= 11 is 5.87. The molecule has 0 spiro atoms. The Morgan fingerprint density at radius 3 is 2.65 bits per heavy atom.